The number of carbonyl (C=O) groups is 2. The van der Waals surface area contributed by atoms with Crippen LogP contribution < -0.4 is 5.32 Å². The quantitative estimate of drug-likeness (QED) is 0.740. The molecule has 3 heterocycles. The fourth-order valence-electron chi connectivity index (χ4n) is 3.82. The van der Waals surface area contributed by atoms with Crippen LogP contribution in [-0.2, 0) is 4.74 Å². The summed E-state index contributed by atoms with van der Waals surface area (Å²) in [4.78, 5) is 33.4. The third-order valence-electron chi connectivity index (χ3n) is 5.85. The second-order valence-electron chi connectivity index (χ2n) is 8.05. The Bertz CT molecular complexity index is 884. The lowest BCUT2D eigenvalue weighted by molar-refractivity contribution is 0.0383. The number of carbonyl (C=O) groups excluding carboxylic acids is 2. The van der Waals surface area contributed by atoms with Gasteiger partial charge in [0.15, 0.2) is 0 Å². The first-order valence-corrected chi connectivity index (χ1v) is 11.7. The largest absolute Gasteiger partial charge is 0.379 e. The lowest BCUT2D eigenvalue weighted by Gasteiger charge is -2.32. The van der Waals surface area contributed by atoms with Crippen molar-refractivity contribution in [3.63, 3.8) is 0 Å². The van der Waals surface area contributed by atoms with E-state index in [1.807, 2.05) is 41.3 Å². The molecule has 0 spiro atoms. The fourth-order valence-corrected chi connectivity index (χ4v) is 4.75. The SMILES string of the molecule is CN1CCN(C(=O)c2ccc(-c3ccc(C(=O)NCCN4CCOCC4)s3)cc2)CC1. The van der Waals surface area contributed by atoms with Crippen molar-refractivity contribution >= 4 is 23.2 Å². The highest BCUT2D eigenvalue weighted by Crippen LogP contribution is 2.28. The summed E-state index contributed by atoms with van der Waals surface area (Å²) in [6.45, 7) is 8.22. The number of thiophene rings is 1. The van der Waals surface area contributed by atoms with Crippen LogP contribution in [0.25, 0.3) is 10.4 Å². The number of amides is 2. The van der Waals surface area contributed by atoms with Gasteiger partial charge in [-0.3, -0.25) is 14.5 Å². The molecule has 31 heavy (non-hydrogen) atoms. The van der Waals surface area contributed by atoms with Gasteiger partial charge in [0.2, 0.25) is 0 Å². The van der Waals surface area contributed by atoms with E-state index in [2.05, 4.69) is 22.2 Å². The minimum atomic E-state index is -0.0358. The Morgan fingerprint density at radius 1 is 0.968 bits per heavy atom. The average molecular weight is 443 g/mol. The number of hydrogen-bond donors (Lipinski definition) is 1. The number of nitrogens with one attached hydrogen (secondary N) is 1. The fraction of sp³-hybridized carbons (Fsp3) is 0.478. The van der Waals surface area contributed by atoms with E-state index < -0.39 is 0 Å². The monoisotopic (exact) mass is 442 g/mol. The standard InChI is InChI=1S/C23H30N4O3S/c1-25-10-12-27(13-11-25)23(29)19-4-2-18(3-5-19)20-6-7-21(31-20)22(28)24-8-9-26-14-16-30-17-15-26/h2-7H,8-17H2,1H3,(H,24,28). The number of morpholine rings is 1. The van der Waals surface area contributed by atoms with Crippen LogP contribution in [0, 0.1) is 0 Å². The van der Waals surface area contributed by atoms with E-state index in [0.717, 1.165) is 69.5 Å². The zero-order valence-electron chi connectivity index (χ0n) is 18.0. The zero-order valence-corrected chi connectivity index (χ0v) is 18.8. The summed E-state index contributed by atoms with van der Waals surface area (Å²) in [6, 6.07) is 11.5. The predicted octanol–water partition coefficient (Wildman–Crippen LogP) is 1.86. The van der Waals surface area contributed by atoms with E-state index in [0.29, 0.717) is 17.0 Å². The molecule has 2 aromatic rings. The van der Waals surface area contributed by atoms with Crippen LogP contribution in [0.15, 0.2) is 36.4 Å². The van der Waals surface area contributed by atoms with Gasteiger partial charge in [0.05, 0.1) is 18.1 Å². The van der Waals surface area contributed by atoms with E-state index >= 15 is 0 Å². The smallest absolute Gasteiger partial charge is 0.261 e. The lowest BCUT2D eigenvalue weighted by Crippen LogP contribution is -2.47. The van der Waals surface area contributed by atoms with Gasteiger partial charge in [-0.1, -0.05) is 12.1 Å². The van der Waals surface area contributed by atoms with Crippen LogP contribution in [0.3, 0.4) is 0 Å². The highest BCUT2D eigenvalue weighted by atomic mass is 32.1. The Kier molecular flexibility index (Phi) is 7.34. The molecule has 166 valence electrons. The van der Waals surface area contributed by atoms with Crippen LogP contribution in [0.5, 0.6) is 0 Å². The number of benzene rings is 1. The van der Waals surface area contributed by atoms with Crippen molar-refractivity contribution in [1.29, 1.82) is 0 Å². The normalized spacial score (nSPS) is 18.2. The molecule has 2 aliphatic rings. The summed E-state index contributed by atoms with van der Waals surface area (Å²) >= 11 is 1.48. The third-order valence-corrected chi connectivity index (χ3v) is 6.99. The van der Waals surface area contributed by atoms with E-state index in [-0.39, 0.29) is 11.8 Å². The summed E-state index contributed by atoms with van der Waals surface area (Å²) in [6.07, 6.45) is 0. The third kappa shape index (κ3) is 5.71. The van der Waals surface area contributed by atoms with E-state index in [4.69, 9.17) is 4.74 Å². The summed E-state index contributed by atoms with van der Waals surface area (Å²) in [5, 5.41) is 3.01. The topological polar surface area (TPSA) is 65.1 Å². The molecule has 0 unspecified atom stereocenters. The maximum absolute atomic E-state index is 12.7. The van der Waals surface area contributed by atoms with Gasteiger partial charge >= 0.3 is 0 Å². The molecule has 0 atom stereocenters. The molecule has 0 aliphatic carbocycles. The molecule has 0 bridgehead atoms. The molecule has 1 aromatic carbocycles. The highest BCUT2D eigenvalue weighted by Gasteiger charge is 2.20. The van der Waals surface area contributed by atoms with Gasteiger partial charge in [-0.25, -0.2) is 0 Å². The first-order chi connectivity index (χ1) is 15.1. The molecule has 2 amide bonds. The van der Waals surface area contributed by atoms with E-state index in [9.17, 15) is 9.59 Å². The average Bonchev–Trinajstić information content (AvgIpc) is 3.30. The number of ether oxygens (including phenoxy) is 1. The molecule has 2 fully saturated rings. The van der Waals surface area contributed by atoms with Crippen molar-refractivity contribution < 1.29 is 14.3 Å². The van der Waals surface area contributed by atoms with Gasteiger partial charge in [0.25, 0.3) is 11.8 Å². The highest BCUT2D eigenvalue weighted by molar-refractivity contribution is 7.17. The maximum Gasteiger partial charge on any atom is 0.261 e. The Morgan fingerprint density at radius 3 is 2.39 bits per heavy atom. The number of likely N-dealkylation sites (N-methyl/N-ethyl adjacent to an activating group) is 1. The molecule has 1 N–H and O–H groups in total. The van der Waals surface area contributed by atoms with Crippen molar-refractivity contribution in [3.05, 3.63) is 46.8 Å². The molecule has 0 saturated carbocycles. The minimum absolute atomic E-state index is 0.0358. The number of hydrogen-bond acceptors (Lipinski definition) is 6. The number of piperazine rings is 1. The molecular weight excluding hydrogens is 412 g/mol. The molecule has 7 nitrogen and oxygen atoms in total. The second kappa shape index (κ2) is 10.4. The van der Waals surface area contributed by atoms with Crippen molar-refractivity contribution in [3.8, 4) is 10.4 Å². The lowest BCUT2D eigenvalue weighted by atomic mass is 10.1. The molecule has 2 aliphatic heterocycles. The summed E-state index contributed by atoms with van der Waals surface area (Å²) < 4.78 is 5.35. The van der Waals surface area contributed by atoms with Crippen molar-refractivity contribution in [2.45, 2.75) is 0 Å². The molecule has 1 aromatic heterocycles. The van der Waals surface area contributed by atoms with Crippen LogP contribution in [-0.4, -0.2) is 99.1 Å². The van der Waals surface area contributed by atoms with Crippen LogP contribution in [0.2, 0.25) is 0 Å². The summed E-state index contributed by atoms with van der Waals surface area (Å²) in [5.41, 5.74) is 1.73. The van der Waals surface area contributed by atoms with Crippen molar-refractivity contribution in [2.24, 2.45) is 0 Å². The van der Waals surface area contributed by atoms with Crippen LogP contribution in [0.1, 0.15) is 20.0 Å². The van der Waals surface area contributed by atoms with Gasteiger partial charge in [0.1, 0.15) is 0 Å². The molecular formula is C23H30N4O3S. The maximum atomic E-state index is 12.7. The first-order valence-electron chi connectivity index (χ1n) is 10.9. The van der Waals surface area contributed by atoms with Gasteiger partial charge in [-0.15, -0.1) is 11.3 Å². The van der Waals surface area contributed by atoms with Gasteiger partial charge in [0, 0.05) is 62.8 Å². The molecule has 4 rings (SSSR count). The van der Waals surface area contributed by atoms with Gasteiger partial charge in [-0.2, -0.15) is 0 Å². The van der Waals surface area contributed by atoms with Crippen LogP contribution >= 0.6 is 11.3 Å². The molecule has 0 radical (unpaired) electrons. The minimum Gasteiger partial charge on any atom is -0.379 e. The molecule has 2 saturated heterocycles. The predicted molar refractivity (Wildman–Crippen MR) is 123 cm³/mol. The van der Waals surface area contributed by atoms with E-state index in [1.54, 1.807) is 0 Å². The van der Waals surface area contributed by atoms with Gasteiger partial charge in [-0.05, 0) is 36.9 Å². The Labute approximate surface area is 187 Å². The van der Waals surface area contributed by atoms with Gasteiger partial charge < -0.3 is 19.9 Å². The van der Waals surface area contributed by atoms with Crippen LogP contribution in [0.4, 0.5) is 0 Å². The first kappa shape index (κ1) is 22.0. The second-order valence-corrected chi connectivity index (χ2v) is 9.13. The summed E-state index contributed by atoms with van der Waals surface area (Å²) in [7, 11) is 2.08. The Hall–Kier alpha value is -2.26. The zero-order chi connectivity index (χ0) is 21.6. The molecule has 8 heteroatoms. The Balaban J connectivity index is 1.31. The Morgan fingerprint density at radius 2 is 1.68 bits per heavy atom. The van der Waals surface area contributed by atoms with Crippen molar-refractivity contribution in [1.82, 2.24) is 20.0 Å². The number of nitrogens with zero attached hydrogens (tertiary/aromatic N) is 3. The number of rotatable bonds is 6. The van der Waals surface area contributed by atoms with Crippen molar-refractivity contribution in [2.75, 3.05) is 72.6 Å². The van der Waals surface area contributed by atoms with E-state index in [1.165, 1.54) is 11.3 Å². The summed E-state index contributed by atoms with van der Waals surface area (Å²) in [5.74, 6) is 0.0533.